The Kier molecular flexibility index (Phi) is 4.89. The van der Waals surface area contributed by atoms with Crippen molar-refractivity contribution in [3.63, 3.8) is 0 Å². The molecule has 4 rings (SSSR count). The van der Waals surface area contributed by atoms with Crippen molar-refractivity contribution in [1.82, 2.24) is 9.97 Å². The molecule has 3 N–H and O–H groups in total. The van der Waals surface area contributed by atoms with E-state index in [9.17, 15) is 0 Å². The number of aryl methyl sites for hydroxylation is 2. The highest BCUT2D eigenvalue weighted by atomic mass is 15.1. The number of benzene rings is 2. The van der Waals surface area contributed by atoms with Crippen LogP contribution in [0.2, 0.25) is 0 Å². The number of hydrogen-bond acceptors (Lipinski definition) is 5. The maximum atomic E-state index is 6.45. The summed E-state index contributed by atoms with van der Waals surface area (Å²) < 4.78 is 0. The number of aromatic nitrogens is 2. The molecule has 3 aromatic rings. The second-order valence-electron chi connectivity index (χ2n) is 6.85. The molecule has 5 nitrogen and oxygen atoms in total. The minimum Gasteiger partial charge on any atom is -0.401 e. The van der Waals surface area contributed by atoms with E-state index in [2.05, 4.69) is 28.3 Å². The molecule has 0 unspecified atom stereocenters. The van der Waals surface area contributed by atoms with Crippen LogP contribution in [0.15, 0.2) is 71.5 Å². The fourth-order valence-corrected chi connectivity index (χ4v) is 3.49. The van der Waals surface area contributed by atoms with Gasteiger partial charge in [-0.3, -0.25) is 4.99 Å². The third-order valence-electron chi connectivity index (χ3n) is 4.99. The fraction of sp³-hybridized carbons (Fsp3) is 0.174. The van der Waals surface area contributed by atoms with E-state index in [1.165, 1.54) is 0 Å². The molecule has 1 heterocycles. The number of anilines is 2. The van der Waals surface area contributed by atoms with Crippen LogP contribution in [0.5, 0.6) is 0 Å². The topological polar surface area (TPSA) is 76.2 Å². The molecule has 1 aliphatic carbocycles. The Balaban J connectivity index is 1.78. The average Bonchev–Trinajstić information content (AvgIpc) is 2.73. The van der Waals surface area contributed by atoms with Gasteiger partial charge in [0.2, 0.25) is 5.95 Å². The second kappa shape index (κ2) is 7.64. The lowest BCUT2D eigenvalue weighted by molar-refractivity contribution is 0.880. The van der Waals surface area contributed by atoms with Gasteiger partial charge in [0.15, 0.2) is 0 Å². The van der Waals surface area contributed by atoms with Crippen LogP contribution in [0.1, 0.15) is 28.8 Å². The lowest BCUT2D eigenvalue weighted by atomic mass is 9.88. The van der Waals surface area contributed by atoms with Crippen molar-refractivity contribution >= 4 is 22.9 Å². The zero-order valence-electron chi connectivity index (χ0n) is 16.1. The van der Waals surface area contributed by atoms with E-state index < -0.39 is 0 Å². The molecule has 0 saturated heterocycles. The first-order valence-corrected chi connectivity index (χ1v) is 9.37. The van der Waals surface area contributed by atoms with Crippen LogP contribution in [0.25, 0.3) is 5.57 Å². The van der Waals surface area contributed by atoms with Gasteiger partial charge in [-0.25, -0.2) is 9.97 Å². The van der Waals surface area contributed by atoms with Crippen molar-refractivity contribution in [3.8, 4) is 0 Å². The van der Waals surface area contributed by atoms with Crippen molar-refractivity contribution in [2.75, 3.05) is 12.4 Å². The monoisotopic (exact) mass is 369 g/mol. The molecule has 0 saturated carbocycles. The molecule has 2 aromatic carbocycles. The summed E-state index contributed by atoms with van der Waals surface area (Å²) in [4.78, 5) is 13.9. The number of para-hydroxylation sites is 1. The lowest BCUT2D eigenvalue weighted by Gasteiger charge is -2.22. The smallest absolute Gasteiger partial charge is 0.227 e. The predicted molar refractivity (Wildman–Crippen MR) is 115 cm³/mol. The standard InChI is InChI=1S/C23H23N5/c1-15-8-6-7-11-19(15)27-23-26-14-17-12-13-18(24)20(22(17)28-23)21(25-2)16-9-4-3-5-10-16/h3-11,14H,12-13,24H2,1-2H3,(H,26,27,28). The summed E-state index contributed by atoms with van der Waals surface area (Å²) in [6.07, 6.45) is 3.51. The van der Waals surface area contributed by atoms with Crippen molar-refractivity contribution < 1.29 is 0 Å². The van der Waals surface area contributed by atoms with Crippen LogP contribution >= 0.6 is 0 Å². The van der Waals surface area contributed by atoms with Gasteiger partial charge in [-0.05, 0) is 37.0 Å². The summed E-state index contributed by atoms with van der Waals surface area (Å²) >= 11 is 0. The Hall–Kier alpha value is -3.47. The van der Waals surface area contributed by atoms with Gasteiger partial charge < -0.3 is 11.1 Å². The molecule has 5 heteroatoms. The predicted octanol–water partition coefficient (Wildman–Crippen LogP) is 4.26. The summed E-state index contributed by atoms with van der Waals surface area (Å²) in [5.41, 5.74) is 14.2. The number of nitrogens with zero attached hydrogens (tertiary/aromatic N) is 3. The van der Waals surface area contributed by atoms with Crippen LogP contribution < -0.4 is 11.1 Å². The average molecular weight is 369 g/mol. The molecule has 0 bridgehead atoms. The van der Waals surface area contributed by atoms with E-state index in [0.717, 1.165) is 57.9 Å². The highest BCUT2D eigenvalue weighted by molar-refractivity contribution is 6.32. The Labute approximate surface area is 165 Å². The molecular weight excluding hydrogens is 346 g/mol. The van der Waals surface area contributed by atoms with Gasteiger partial charge in [0.25, 0.3) is 0 Å². The maximum Gasteiger partial charge on any atom is 0.227 e. The number of nitrogens with one attached hydrogen (secondary N) is 1. The van der Waals surface area contributed by atoms with E-state index in [1.54, 1.807) is 7.05 Å². The first kappa shape index (κ1) is 17.9. The molecule has 0 spiro atoms. The van der Waals surface area contributed by atoms with E-state index in [4.69, 9.17) is 10.7 Å². The van der Waals surface area contributed by atoms with Gasteiger partial charge >= 0.3 is 0 Å². The molecule has 0 atom stereocenters. The molecule has 0 fully saturated rings. The van der Waals surface area contributed by atoms with Gasteiger partial charge in [0.1, 0.15) is 0 Å². The third kappa shape index (κ3) is 3.39. The van der Waals surface area contributed by atoms with Crippen molar-refractivity contribution in [2.45, 2.75) is 19.8 Å². The molecule has 0 aliphatic heterocycles. The van der Waals surface area contributed by atoms with E-state index >= 15 is 0 Å². The normalized spacial score (nSPS) is 14.0. The summed E-state index contributed by atoms with van der Waals surface area (Å²) in [5, 5.41) is 3.33. The Morgan fingerprint density at radius 1 is 1.04 bits per heavy atom. The fourth-order valence-electron chi connectivity index (χ4n) is 3.49. The summed E-state index contributed by atoms with van der Waals surface area (Å²) in [7, 11) is 1.80. The van der Waals surface area contributed by atoms with Crippen LogP contribution in [0.3, 0.4) is 0 Å². The molecule has 0 radical (unpaired) electrons. The first-order chi connectivity index (χ1) is 13.7. The summed E-state index contributed by atoms with van der Waals surface area (Å²) in [5.74, 6) is 0.559. The highest BCUT2D eigenvalue weighted by Gasteiger charge is 2.24. The quantitative estimate of drug-likeness (QED) is 0.674. The Morgan fingerprint density at radius 2 is 1.79 bits per heavy atom. The zero-order chi connectivity index (χ0) is 19.5. The molecule has 0 amide bonds. The molecule has 140 valence electrons. The van der Waals surface area contributed by atoms with E-state index in [-0.39, 0.29) is 0 Å². The van der Waals surface area contributed by atoms with Crippen LogP contribution in [-0.2, 0) is 6.42 Å². The minimum absolute atomic E-state index is 0.559. The van der Waals surface area contributed by atoms with Crippen molar-refractivity contribution in [3.05, 3.63) is 88.9 Å². The van der Waals surface area contributed by atoms with E-state index in [1.807, 2.05) is 54.7 Å². The third-order valence-corrected chi connectivity index (χ3v) is 4.99. The number of hydrogen-bond donors (Lipinski definition) is 2. The number of nitrogens with two attached hydrogens (primary N) is 1. The summed E-state index contributed by atoms with van der Waals surface area (Å²) in [6.45, 7) is 2.06. The van der Waals surface area contributed by atoms with Crippen LogP contribution in [0.4, 0.5) is 11.6 Å². The molecule has 28 heavy (non-hydrogen) atoms. The number of allylic oxidation sites excluding steroid dienone is 2. The first-order valence-electron chi connectivity index (χ1n) is 9.37. The van der Waals surface area contributed by atoms with Gasteiger partial charge in [0.05, 0.1) is 11.4 Å². The second-order valence-corrected chi connectivity index (χ2v) is 6.85. The van der Waals surface area contributed by atoms with E-state index in [0.29, 0.717) is 5.95 Å². The largest absolute Gasteiger partial charge is 0.401 e. The molecule has 1 aromatic heterocycles. The SMILES string of the molecule is CN=C(C1=C(N)CCc2cnc(Nc3ccccc3C)nc21)c1ccccc1. The number of aliphatic imine (C=N–C) groups is 1. The van der Waals surface area contributed by atoms with Gasteiger partial charge in [-0.1, -0.05) is 48.5 Å². The van der Waals surface area contributed by atoms with Crippen molar-refractivity contribution in [2.24, 2.45) is 10.7 Å². The Morgan fingerprint density at radius 3 is 2.54 bits per heavy atom. The number of rotatable bonds is 4. The van der Waals surface area contributed by atoms with Gasteiger partial charge in [0, 0.05) is 35.8 Å². The number of fused-ring (bicyclic) bond motifs is 1. The summed E-state index contributed by atoms with van der Waals surface area (Å²) in [6, 6.07) is 18.2. The molecule has 1 aliphatic rings. The lowest BCUT2D eigenvalue weighted by Crippen LogP contribution is -2.20. The maximum absolute atomic E-state index is 6.45. The van der Waals surface area contributed by atoms with Crippen molar-refractivity contribution in [1.29, 1.82) is 0 Å². The zero-order valence-corrected chi connectivity index (χ0v) is 16.1. The van der Waals surface area contributed by atoms with Crippen LogP contribution in [0, 0.1) is 6.92 Å². The highest BCUT2D eigenvalue weighted by Crippen LogP contribution is 2.31. The van der Waals surface area contributed by atoms with Gasteiger partial charge in [-0.2, -0.15) is 0 Å². The van der Waals surface area contributed by atoms with Gasteiger partial charge in [-0.15, -0.1) is 0 Å². The molecular formula is C23H23N5. The Bertz CT molecular complexity index is 1070. The minimum atomic E-state index is 0.559. The van der Waals surface area contributed by atoms with Crippen LogP contribution in [-0.4, -0.2) is 22.7 Å².